The Bertz CT molecular complexity index is 1170. The van der Waals surface area contributed by atoms with Crippen molar-refractivity contribution < 1.29 is 22.7 Å². The number of hydrogen-bond acceptors (Lipinski definition) is 6. The Morgan fingerprint density at radius 2 is 1.48 bits per heavy atom. The summed E-state index contributed by atoms with van der Waals surface area (Å²) in [6.45, 7) is 0.810. The van der Waals surface area contributed by atoms with Gasteiger partial charge in [-0.1, -0.05) is 48.5 Å². The molecule has 0 aliphatic carbocycles. The third-order valence-electron chi connectivity index (χ3n) is 5.47. The standard InChI is InChI=1S/C25H25NO5S2/c27-25(30-17-19-7-3-1-4-8-19)26-15-20(24(32)16-26)18-33(28,29)23-13-11-22(12-14-23)31-21-9-5-2-6-10-21/h1-14,20,24,32H,15-18H2/t20-,24-/m1/s1. The Kier molecular flexibility index (Phi) is 7.25. The molecule has 4 rings (SSSR count). The molecule has 1 aliphatic rings. The van der Waals surface area contributed by atoms with Gasteiger partial charge in [-0.05, 0) is 42.0 Å². The molecule has 1 amide bonds. The number of para-hydroxylation sites is 1. The summed E-state index contributed by atoms with van der Waals surface area (Å²) in [6, 6.07) is 25.1. The van der Waals surface area contributed by atoms with E-state index in [-0.39, 0.29) is 35.0 Å². The molecule has 33 heavy (non-hydrogen) atoms. The molecule has 1 fully saturated rings. The normalized spacial score (nSPS) is 18.2. The van der Waals surface area contributed by atoms with Crippen molar-refractivity contribution in [2.75, 3.05) is 18.8 Å². The van der Waals surface area contributed by atoms with Gasteiger partial charge in [-0.2, -0.15) is 12.6 Å². The smallest absolute Gasteiger partial charge is 0.410 e. The maximum atomic E-state index is 13.0. The number of hydrogen-bond donors (Lipinski definition) is 1. The molecule has 172 valence electrons. The molecule has 3 aromatic rings. The predicted molar refractivity (Wildman–Crippen MR) is 129 cm³/mol. The van der Waals surface area contributed by atoms with Crippen LogP contribution in [0.3, 0.4) is 0 Å². The summed E-state index contributed by atoms with van der Waals surface area (Å²) in [6.07, 6.45) is -0.458. The van der Waals surface area contributed by atoms with E-state index < -0.39 is 15.9 Å². The van der Waals surface area contributed by atoms with Crippen molar-refractivity contribution in [1.29, 1.82) is 0 Å². The van der Waals surface area contributed by atoms with E-state index in [9.17, 15) is 13.2 Å². The monoisotopic (exact) mass is 483 g/mol. The van der Waals surface area contributed by atoms with Crippen molar-refractivity contribution in [3.05, 3.63) is 90.5 Å². The number of ether oxygens (including phenoxy) is 2. The Morgan fingerprint density at radius 3 is 2.15 bits per heavy atom. The minimum atomic E-state index is -3.55. The van der Waals surface area contributed by atoms with Gasteiger partial charge in [0.2, 0.25) is 0 Å². The summed E-state index contributed by atoms with van der Waals surface area (Å²) in [5.41, 5.74) is 0.895. The van der Waals surface area contributed by atoms with Crippen molar-refractivity contribution >= 4 is 28.6 Å². The highest BCUT2D eigenvalue weighted by atomic mass is 32.2. The van der Waals surface area contributed by atoms with Crippen LogP contribution >= 0.6 is 12.6 Å². The number of likely N-dealkylation sites (tertiary alicyclic amines) is 1. The Labute approximate surface area is 199 Å². The number of sulfone groups is 1. The van der Waals surface area contributed by atoms with Gasteiger partial charge in [0.1, 0.15) is 18.1 Å². The average molecular weight is 484 g/mol. The molecule has 0 bridgehead atoms. The van der Waals surface area contributed by atoms with Gasteiger partial charge in [0.15, 0.2) is 9.84 Å². The number of thiol groups is 1. The highest BCUT2D eigenvalue weighted by Crippen LogP contribution is 2.28. The van der Waals surface area contributed by atoms with Crippen molar-refractivity contribution in [2.45, 2.75) is 16.8 Å². The second-order valence-corrected chi connectivity index (χ2v) is 10.6. The molecule has 0 saturated carbocycles. The molecule has 1 heterocycles. The van der Waals surface area contributed by atoms with Gasteiger partial charge in [-0.25, -0.2) is 13.2 Å². The van der Waals surface area contributed by atoms with Crippen LogP contribution in [0.4, 0.5) is 4.79 Å². The van der Waals surface area contributed by atoms with E-state index in [1.54, 1.807) is 24.3 Å². The fraction of sp³-hybridized carbons (Fsp3) is 0.240. The zero-order valence-corrected chi connectivity index (χ0v) is 19.6. The molecule has 6 nitrogen and oxygen atoms in total. The van der Waals surface area contributed by atoms with E-state index in [4.69, 9.17) is 9.47 Å². The maximum Gasteiger partial charge on any atom is 0.410 e. The Hall–Kier alpha value is -2.97. The van der Waals surface area contributed by atoms with E-state index in [2.05, 4.69) is 12.6 Å². The van der Waals surface area contributed by atoms with Crippen LogP contribution in [0.2, 0.25) is 0 Å². The lowest BCUT2D eigenvalue weighted by Gasteiger charge is -2.16. The highest BCUT2D eigenvalue weighted by molar-refractivity contribution is 7.91. The lowest BCUT2D eigenvalue weighted by molar-refractivity contribution is 0.103. The van der Waals surface area contributed by atoms with E-state index in [0.29, 0.717) is 18.0 Å². The largest absolute Gasteiger partial charge is 0.457 e. The molecular weight excluding hydrogens is 458 g/mol. The highest BCUT2D eigenvalue weighted by Gasteiger charge is 2.37. The van der Waals surface area contributed by atoms with Gasteiger partial charge >= 0.3 is 6.09 Å². The van der Waals surface area contributed by atoms with Gasteiger partial charge < -0.3 is 14.4 Å². The summed E-state index contributed by atoms with van der Waals surface area (Å²) in [7, 11) is -3.55. The van der Waals surface area contributed by atoms with Crippen LogP contribution in [0, 0.1) is 5.92 Å². The SMILES string of the molecule is O=C(OCc1ccccc1)N1C[C@H](CS(=O)(=O)c2ccc(Oc3ccccc3)cc2)[C@H](S)C1. The molecule has 1 saturated heterocycles. The van der Waals surface area contributed by atoms with E-state index in [0.717, 1.165) is 5.56 Å². The van der Waals surface area contributed by atoms with E-state index in [1.807, 2.05) is 60.7 Å². The second-order valence-electron chi connectivity index (χ2n) is 7.94. The number of carbonyl (C=O) groups excluding carboxylic acids is 1. The maximum absolute atomic E-state index is 13.0. The molecule has 0 radical (unpaired) electrons. The average Bonchev–Trinajstić information content (AvgIpc) is 3.19. The first-order valence-corrected chi connectivity index (χ1v) is 12.8. The summed E-state index contributed by atoms with van der Waals surface area (Å²) in [5.74, 6) is 0.849. The van der Waals surface area contributed by atoms with Crippen molar-refractivity contribution in [2.24, 2.45) is 5.92 Å². The van der Waals surface area contributed by atoms with Crippen LogP contribution in [-0.2, 0) is 21.2 Å². The third-order valence-corrected chi connectivity index (χ3v) is 7.91. The number of amides is 1. The van der Waals surface area contributed by atoms with E-state index in [1.165, 1.54) is 4.90 Å². The van der Waals surface area contributed by atoms with Crippen LogP contribution in [0.25, 0.3) is 0 Å². The number of rotatable bonds is 7. The van der Waals surface area contributed by atoms with Crippen LogP contribution in [-0.4, -0.2) is 43.5 Å². The van der Waals surface area contributed by atoms with Crippen molar-refractivity contribution in [3.63, 3.8) is 0 Å². The van der Waals surface area contributed by atoms with Gasteiger partial charge in [0.25, 0.3) is 0 Å². The third kappa shape index (κ3) is 6.09. The fourth-order valence-corrected chi connectivity index (χ4v) is 5.88. The lowest BCUT2D eigenvalue weighted by Crippen LogP contribution is -2.30. The number of carbonyl (C=O) groups is 1. The molecule has 0 spiro atoms. The van der Waals surface area contributed by atoms with Crippen molar-refractivity contribution in [3.8, 4) is 11.5 Å². The van der Waals surface area contributed by atoms with Crippen molar-refractivity contribution in [1.82, 2.24) is 4.90 Å². The predicted octanol–water partition coefficient (Wildman–Crippen LogP) is 4.82. The summed E-state index contributed by atoms with van der Waals surface area (Å²) in [5, 5.41) is -0.246. The zero-order chi connectivity index (χ0) is 23.3. The van der Waals surface area contributed by atoms with Gasteiger partial charge in [0, 0.05) is 24.3 Å². The second kappa shape index (κ2) is 10.3. The topological polar surface area (TPSA) is 72.9 Å². The molecule has 0 aromatic heterocycles. The van der Waals surface area contributed by atoms with Gasteiger partial charge in [-0.3, -0.25) is 0 Å². The first-order valence-electron chi connectivity index (χ1n) is 10.6. The number of nitrogens with zero attached hydrogens (tertiary/aromatic N) is 1. The van der Waals surface area contributed by atoms with Crippen LogP contribution in [0.15, 0.2) is 89.8 Å². The molecule has 1 aliphatic heterocycles. The van der Waals surface area contributed by atoms with Crippen LogP contribution in [0.1, 0.15) is 5.56 Å². The quantitative estimate of drug-likeness (QED) is 0.488. The molecule has 2 atom stereocenters. The van der Waals surface area contributed by atoms with E-state index >= 15 is 0 Å². The molecule has 8 heteroatoms. The molecule has 0 N–H and O–H groups in total. The lowest BCUT2D eigenvalue weighted by atomic mass is 10.1. The molecule has 0 unspecified atom stereocenters. The molecule has 3 aromatic carbocycles. The first-order chi connectivity index (χ1) is 15.9. The summed E-state index contributed by atoms with van der Waals surface area (Å²) in [4.78, 5) is 14.2. The van der Waals surface area contributed by atoms with Crippen LogP contribution in [0.5, 0.6) is 11.5 Å². The Balaban J connectivity index is 1.34. The zero-order valence-electron chi connectivity index (χ0n) is 17.9. The van der Waals surface area contributed by atoms with Gasteiger partial charge in [0.05, 0.1) is 10.6 Å². The van der Waals surface area contributed by atoms with Gasteiger partial charge in [-0.15, -0.1) is 0 Å². The van der Waals surface area contributed by atoms with Crippen LogP contribution < -0.4 is 4.74 Å². The molecular formula is C25H25NO5S2. The fourth-order valence-electron chi connectivity index (χ4n) is 3.70. The summed E-state index contributed by atoms with van der Waals surface area (Å²) >= 11 is 4.54. The minimum absolute atomic E-state index is 0.0947. The summed E-state index contributed by atoms with van der Waals surface area (Å²) < 4.78 is 37.1. The minimum Gasteiger partial charge on any atom is -0.457 e. The first kappa shape index (κ1) is 23.2. The Morgan fingerprint density at radius 1 is 0.879 bits per heavy atom. The number of benzene rings is 3.